The molecule has 1 aromatic rings. The van der Waals surface area contributed by atoms with E-state index in [1.807, 2.05) is 11.0 Å². The molecule has 4 rings (SSSR count). The fourth-order valence-corrected chi connectivity index (χ4v) is 4.41. The number of nitrogens with zero attached hydrogens (tertiary/aromatic N) is 4. The van der Waals surface area contributed by atoms with Crippen LogP contribution in [-0.4, -0.2) is 65.1 Å². The number of hydrogen-bond donors (Lipinski definition) is 1. The first-order valence-electron chi connectivity index (χ1n) is 9.10. The van der Waals surface area contributed by atoms with Gasteiger partial charge in [-0.3, -0.25) is 9.59 Å². The molecular weight excluding hydrogens is 336 g/mol. The van der Waals surface area contributed by atoms with Crippen molar-refractivity contribution in [2.75, 3.05) is 38.2 Å². The van der Waals surface area contributed by atoms with Crippen LogP contribution in [0.1, 0.15) is 25.0 Å². The van der Waals surface area contributed by atoms with Gasteiger partial charge in [-0.2, -0.15) is 0 Å². The average molecular weight is 360 g/mol. The molecule has 8 nitrogen and oxygen atoms in total. The van der Waals surface area contributed by atoms with Gasteiger partial charge in [0.05, 0.1) is 12.3 Å². The molecule has 0 spiro atoms. The highest BCUT2D eigenvalue weighted by Crippen LogP contribution is 2.45. The molecule has 2 aliphatic heterocycles. The van der Waals surface area contributed by atoms with E-state index in [1.54, 1.807) is 12.0 Å². The highest BCUT2D eigenvalue weighted by atomic mass is 16.5. The van der Waals surface area contributed by atoms with Gasteiger partial charge in [0.25, 0.3) is 0 Å². The number of amides is 1. The normalized spacial score (nSPS) is 28.1. The number of aliphatic carboxylic acids is 1. The van der Waals surface area contributed by atoms with Gasteiger partial charge >= 0.3 is 5.97 Å². The monoisotopic (exact) mass is 360 g/mol. The van der Waals surface area contributed by atoms with E-state index in [4.69, 9.17) is 4.74 Å². The zero-order valence-electron chi connectivity index (χ0n) is 14.9. The van der Waals surface area contributed by atoms with Crippen molar-refractivity contribution in [3.63, 3.8) is 0 Å². The zero-order valence-corrected chi connectivity index (χ0v) is 14.9. The summed E-state index contributed by atoms with van der Waals surface area (Å²) in [6.45, 7) is 2.17. The summed E-state index contributed by atoms with van der Waals surface area (Å²) in [7, 11) is 1.61. The second-order valence-corrected chi connectivity index (χ2v) is 7.69. The van der Waals surface area contributed by atoms with E-state index in [0.29, 0.717) is 32.8 Å². The molecule has 1 N–H and O–H groups in total. The molecule has 1 saturated carbocycles. The van der Waals surface area contributed by atoms with Crippen molar-refractivity contribution in [1.29, 1.82) is 0 Å². The van der Waals surface area contributed by atoms with Crippen molar-refractivity contribution in [2.45, 2.75) is 25.9 Å². The SMILES string of the molecule is COCc1cc(N2C[C@H]3CN(C(=O)C4CCC4)C[C@@]3(C(=O)O)C2)ncn1. The van der Waals surface area contributed by atoms with Gasteiger partial charge in [-0.15, -0.1) is 0 Å². The largest absolute Gasteiger partial charge is 0.481 e. The van der Waals surface area contributed by atoms with Crippen molar-refractivity contribution in [2.24, 2.45) is 17.3 Å². The molecular formula is C18H24N4O4. The Morgan fingerprint density at radius 1 is 1.31 bits per heavy atom. The predicted octanol–water partition coefficient (Wildman–Crippen LogP) is 0.773. The number of carboxylic acids is 1. The molecule has 0 radical (unpaired) electrons. The van der Waals surface area contributed by atoms with E-state index in [9.17, 15) is 14.7 Å². The van der Waals surface area contributed by atoms with Gasteiger partial charge in [0, 0.05) is 51.2 Å². The lowest BCUT2D eigenvalue weighted by molar-refractivity contribution is -0.149. The minimum Gasteiger partial charge on any atom is -0.481 e. The van der Waals surface area contributed by atoms with Crippen LogP contribution in [-0.2, 0) is 20.9 Å². The number of likely N-dealkylation sites (tertiary alicyclic amines) is 1. The lowest BCUT2D eigenvalue weighted by Gasteiger charge is -2.31. The van der Waals surface area contributed by atoms with Crippen LogP contribution in [0.15, 0.2) is 12.4 Å². The highest BCUT2D eigenvalue weighted by molar-refractivity contribution is 5.84. The number of rotatable bonds is 5. The van der Waals surface area contributed by atoms with Crippen LogP contribution in [0.5, 0.6) is 0 Å². The summed E-state index contributed by atoms with van der Waals surface area (Å²) in [5, 5.41) is 9.97. The second kappa shape index (κ2) is 6.50. The Kier molecular flexibility index (Phi) is 4.30. The van der Waals surface area contributed by atoms with Crippen LogP contribution in [0.3, 0.4) is 0 Å². The zero-order chi connectivity index (χ0) is 18.3. The van der Waals surface area contributed by atoms with Crippen molar-refractivity contribution >= 4 is 17.7 Å². The Bertz CT molecular complexity index is 723. The summed E-state index contributed by atoms with van der Waals surface area (Å²) < 4.78 is 5.11. The molecule has 2 saturated heterocycles. The standard InChI is InChI=1S/C18H24N4O4/c1-26-8-14-5-15(20-11-19-14)21-6-13-7-22(16(23)12-3-2-4-12)10-18(13,9-21)17(24)25/h5,11-13H,2-4,6-10H2,1H3,(H,24,25)/t13-,18-/m0/s1. The molecule has 1 aliphatic carbocycles. The maximum Gasteiger partial charge on any atom is 0.313 e. The molecule has 3 aliphatic rings. The molecule has 140 valence electrons. The van der Waals surface area contributed by atoms with Gasteiger partial charge in [0.1, 0.15) is 17.6 Å². The van der Waals surface area contributed by atoms with Gasteiger partial charge in [-0.05, 0) is 12.8 Å². The van der Waals surface area contributed by atoms with Crippen LogP contribution in [0.25, 0.3) is 0 Å². The number of anilines is 1. The third kappa shape index (κ3) is 2.72. The van der Waals surface area contributed by atoms with E-state index in [1.165, 1.54) is 6.33 Å². The summed E-state index contributed by atoms with van der Waals surface area (Å²) in [6.07, 6.45) is 4.46. The third-order valence-electron chi connectivity index (χ3n) is 6.13. The molecule has 0 bridgehead atoms. The van der Waals surface area contributed by atoms with Crippen LogP contribution < -0.4 is 4.90 Å². The first kappa shape index (κ1) is 17.2. The first-order chi connectivity index (χ1) is 12.5. The number of aromatic nitrogens is 2. The summed E-state index contributed by atoms with van der Waals surface area (Å²) in [5.41, 5.74) is -0.146. The van der Waals surface area contributed by atoms with Gasteiger partial charge in [0.15, 0.2) is 0 Å². The van der Waals surface area contributed by atoms with Gasteiger partial charge < -0.3 is 19.6 Å². The molecule has 8 heteroatoms. The van der Waals surface area contributed by atoms with Gasteiger partial charge in [-0.25, -0.2) is 9.97 Å². The fourth-order valence-electron chi connectivity index (χ4n) is 4.41. The van der Waals surface area contributed by atoms with E-state index in [2.05, 4.69) is 9.97 Å². The Labute approximate surface area is 152 Å². The van der Waals surface area contributed by atoms with Crippen molar-refractivity contribution < 1.29 is 19.4 Å². The summed E-state index contributed by atoms with van der Waals surface area (Å²) in [6, 6.07) is 1.84. The topological polar surface area (TPSA) is 95.9 Å². The molecule has 3 fully saturated rings. The number of hydrogen-bond acceptors (Lipinski definition) is 6. The van der Waals surface area contributed by atoms with E-state index in [-0.39, 0.29) is 17.7 Å². The quantitative estimate of drug-likeness (QED) is 0.828. The Morgan fingerprint density at radius 2 is 2.12 bits per heavy atom. The molecule has 1 aromatic heterocycles. The maximum atomic E-state index is 12.6. The lowest BCUT2D eigenvalue weighted by atomic mass is 9.81. The lowest BCUT2D eigenvalue weighted by Crippen LogP contribution is -2.44. The van der Waals surface area contributed by atoms with Crippen LogP contribution in [0, 0.1) is 17.3 Å². The van der Waals surface area contributed by atoms with E-state index < -0.39 is 11.4 Å². The summed E-state index contributed by atoms with van der Waals surface area (Å²) >= 11 is 0. The number of fused-ring (bicyclic) bond motifs is 1. The molecule has 26 heavy (non-hydrogen) atoms. The molecule has 2 atom stereocenters. The van der Waals surface area contributed by atoms with Crippen molar-refractivity contribution in [3.05, 3.63) is 18.1 Å². The smallest absolute Gasteiger partial charge is 0.313 e. The van der Waals surface area contributed by atoms with Crippen molar-refractivity contribution in [1.82, 2.24) is 14.9 Å². The maximum absolute atomic E-state index is 12.6. The third-order valence-corrected chi connectivity index (χ3v) is 6.13. The Morgan fingerprint density at radius 3 is 2.73 bits per heavy atom. The number of ether oxygens (including phenoxy) is 1. The van der Waals surface area contributed by atoms with Gasteiger partial charge in [-0.1, -0.05) is 6.42 Å². The second-order valence-electron chi connectivity index (χ2n) is 7.69. The minimum absolute atomic E-state index is 0.0788. The average Bonchev–Trinajstić information content (AvgIpc) is 3.09. The molecule has 0 unspecified atom stereocenters. The number of carbonyl (C=O) groups excluding carboxylic acids is 1. The van der Waals surface area contributed by atoms with Crippen LogP contribution in [0.2, 0.25) is 0 Å². The molecule has 3 heterocycles. The summed E-state index contributed by atoms with van der Waals surface area (Å²) in [4.78, 5) is 37.0. The Hall–Kier alpha value is -2.22. The minimum atomic E-state index is -0.911. The number of methoxy groups -OCH3 is 1. The molecule has 0 aromatic carbocycles. The fraction of sp³-hybridized carbons (Fsp3) is 0.667. The van der Waals surface area contributed by atoms with Crippen molar-refractivity contribution in [3.8, 4) is 0 Å². The highest BCUT2D eigenvalue weighted by Gasteiger charge is 2.59. The summed E-state index contributed by atoms with van der Waals surface area (Å²) in [5.74, 6) is 0.0698. The van der Waals surface area contributed by atoms with Crippen LogP contribution in [0.4, 0.5) is 5.82 Å². The number of carbonyl (C=O) groups is 2. The molecule has 1 amide bonds. The first-order valence-corrected chi connectivity index (χ1v) is 9.10. The predicted molar refractivity (Wildman–Crippen MR) is 92.4 cm³/mol. The van der Waals surface area contributed by atoms with E-state index >= 15 is 0 Å². The number of carboxylic acid groups (broad SMARTS) is 1. The van der Waals surface area contributed by atoms with Gasteiger partial charge in [0.2, 0.25) is 5.91 Å². The van der Waals surface area contributed by atoms with Crippen LogP contribution >= 0.6 is 0 Å². The Balaban J connectivity index is 1.52. The van der Waals surface area contributed by atoms with E-state index in [0.717, 1.165) is 30.8 Å².